The number of unbranched alkanes of at least 4 members (excludes halogenated alkanes) is 11. The van der Waals surface area contributed by atoms with E-state index in [-0.39, 0.29) is 38.0 Å². The Morgan fingerprint density at radius 1 is 0.314 bits per heavy atom. The normalized spacial score (nSPS) is 13.5. The minimum Gasteiger partial charge on any atom is -0.462 e. The molecule has 0 rings (SSSR count). The number of carbonyl (C=O) groups excluding carboxylic acids is 3. The fraction of sp³-hybridized carbons (Fsp3) is 0.516. The number of hydrogen-bond donors (Lipinski definition) is 0. The molecule has 0 aromatic heterocycles. The van der Waals surface area contributed by atoms with E-state index in [0.717, 1.165) is 109 Å². The highest BCUT2D eigenvalue weighted by Crippen LogP contribution is 2.11. The molecule has 388 valence electrons. The summed E-state index contributed by atoms with van der Waals surface area (Å²) >= 11 is 0. The van der Waals surface area contributed by atoms with Crippen LogP contribution in [0.4, 0.5) is 0 Å². The molecule has 0 amide bonds. The van der Waals surface area contributed by atoms with Crippen molar-refractivity contribution in [3.63, 3.8) is 0 Å². The topological polar surface area (TPSA) is 78.9 Å². The fourth-order valence-electron chi connectivity index (χ4n) is 6.50. The monoisotopic (exact) mass is 961 g/mol. The van der Waals surface area contributed by atoms with E-state index < -0.39 is 12.1 Å². The zero-order valence-electron chi connectivity index (χ0n) is 44.2. The maximum absolute atomic E-state index is 12.8. The molecule has 0 heterocycles. The van der Waals surface area contributed by atoms with Crippen LogP contribution in [0.2, 0.25) is 0 Å². The highest BCUT2D eigenvalue weighted by molar-refractivity contribution is 5.71. The van der Waals surface area contributed by atoms with Crippen molar-refractivity contribution in [1.29, 1.82) is 0 Å². The summed E-state index contributed by atoms with van der Waals surface area (Å²) < 4.78 is 16.7. The molecule has 0 aliphatic heterocycles. The minimum absolute atomic E-state index is 0.140. The summed E-state index contributed by atoms with van der Waals surface area (Å²) in [4.78, 5) is 38.1. The van der Waals surface area contributed by atoms with Gasteiger partial charge in [-0.05, 0) is 116 Å². The maximum Gasteiger partial charge on any atom is 0.306 e. The molecule has 0 N–H and O–H groups in total. The molecule has 0 aliphatic carbocycles. The number of carbonyl (C=O) groups is 3. The summed E-state index contributed by atoms with van der Waals surface area (Å²) in [7, 11) is 0. The van der Waals surface area contributed by atoms with Gasteiger partial charge in [0.2, 0.25) is 0 Å². The van der Waals surface area contributed by atoms with Crippen LogP contribution in [-0.2, 0) is 28.6 Å². The van der Waals surface area contributed by atoms with Crippen LogP contribution in [0.5, 0.6) is 0 Å². The van der Waals surface area contributed by atoms with Gasteiger partial charge in [-0.15, -0.1) is 0 Å². The molecule has 0 saturated heterocycles. The first kappa shape index (κ1) is 64.8. The molecule has 0 aromatic rings. The first-order valence-corrected chi connectivity index (χ1v) is 27.2. The predicted molar refractivity (Wildman–Crippen MR) is 301 cm³/mol. The van der Waals surface area contributed by atoms with Gasteiger partial charge in [0.15, 0.2) is 6.10 Å². The molecule has 0 fully saturated rings. The van der Waals surface area contributed by atoms with Gasteiger partial charge in [0.1, 0.15) is 13.2 Å². The van der Waals surface area contributed by atoms with Crippen LogP contribution < -0.4 is 0 Å². The lowest BCUT2D eigenvalue weighted by Gasteiger charge is -2.18. The molecule has 0 spiro atoms. The van der Waals surface area contributed by atoms with Gasteiger partial charge >= 0.3 is 17.9 Å². The SMILES string of the molecule is CC/C=C\C/C=C\C/C=C\C/C=C\C/C=C\CCCC(=O)OC(COC(=O)CCC/C=C\C/C=C\C/C=C\C/C=C\CCCCC)COC(=O)CCCCCCC\C=C/C=C\C=C/C=C\C=C/CCC. The van der Waals surface area contributed by atoms with Gasteiger partial charge in [0.05, 0.1) is 0 Å². The lowest BCUT2D eigenvalue weighted by molar-refractivity contribution is -0.167. The Morgan fingerprint density at radius 2 is 0.657 bits per heavy atom. The van der Waals surface area contributed by atoms with Crippen molar-refractivity contribution >= 4 is 17.9 Å². The summed E-state index contributed by atoms with van der Waals surface area (Å²) in [5.74, 6) is -1.09. The Balaban J connectivity index is 4.67. The van der Waals surface area contributed by atoms with Crippen molar-refractivity contribution in [2.75, 3.05) is 13.2 Å². The van der Waals surface area contributed by atoms with Crippen LogP contribution in [0.1, 0.15) is 194 Å². The average Bonchev–Trinajstić information content (AvgIpc) is 3.36. The third-order valence-electron chi connectivity index (χ3n) is 10.5. The highest BCUT2D eigenvalue weighted by atomic mass is 16.6. The van der Waals surface area contributed by atoms with Gasteiger partial charge in [-0.1, -0.05) is 229 Å². The van der Waals surface area contributed by atoms with Crippen molar-refractivity contribution in [2.24, 2.45) is 0 Å². The van der Waals surface area contributed by atoms with Crippen LogP contribution in [0, 0.1) is 0 Å². The van der Waals surface area contributed by atoms with E-state index in [9.17, 15) is 14.4 Å². The van der Waals surface area contributed by atoms with Gasteiger partial charge in [-0.2, -0.15) is 0 Å². The van der Waals surface area contributed by atoms with Crippen molar-refractivity contribution < 1.29 is 28.6 Å². The second-order valence-electron chi connectivity index (χ2n) is 17.2. The first-order valence-electron chi connectivity index (χ1n) is 27.2. The minimum atomic E-state index is -0.851. The Kier molecular flexibility index (Phi) is 52.1. The summed E-state index contributed by atoms with van der Waals surface area (Å²) in [6, 6.07) is 0. The standard InChI is InChI=1S/C64H96O6/c1-4-7-10-13-16-19-22-25-28-31-34-36-39-42-45-48-51-54-57-63(66)69-60-61(70-64(67)58-55-52-49-46-43-40-37-33-30-27-24-21-18-15-12-9-6-3)59-68-62(65)56-53-50-47-44-41-38-35-32-29-26-23-20-17-14-11-8-5-2/h9-10,12-13,16-22,25-31,34-38,40,44,46-47,49,61H,4-8,11,14-15,23-24,32-33,39,41-43,45,48,50-60H2,1-3H3/b12-9-,13-10-,19-16-,20-17-,21-18-,25-22-,29-26-,30-27-,31-28-,36-34-,38-35-,40-37-,47-44-,49-46-. The van der Waals surface area contributed by atoms with Crippen LogP contribution in [0.3, 0.4) is 0 Å². The number of hydrogen-bond acceptors (Lipinski definition) is 6. The van der Waals surface area contributed by atoms with Gasteiger partial charge in [-0.25, -0.2) is 0 Å². The summed E-state index contributed by atoms with van der Waals surface area (Å²) in [5, 5.41) is 0. The molecular weight excluding hydrogens is 865 g/mol. The number of ether oxygens (including phenoxy) is 3. The number of esters is 3. The average molecular weight is 961 g/mol. The maximum atomic E-state index is 12.8. The fourth-order valence-corrected chi connectivity index (χ4v) is 6.50. The zero-order chi connectivity index (χ0) is 50.7. The highest BCUT2D eigenvalue weighted by Gasteiger charge is 2.19. The van der Waals surface area contributed by atoms with E-state index in [4.69, 9.17) is 14.2 Å². The van der Waals surface area contributed by atoms with Gasteiger partial charge in [0.25, 0.3) is 0 Å². The summed E-state index contributed by atoms with van der Waals surface area (Å²) in [5.41, 5.74) is 0. The second kappa shape index (κ2) is 56.4. The first-order chi connectivity index (χ1) is 34.5. The van der Waals surface area contributed by atoms with Gasteiger partial charge in [-0.3, -0.25) is 14.4 Å². The lowest BCUT2D eigenvalue weighted by atomic mass is 10.1. The number of rotatable bonds is 46. The smallest absolute Gasteiger partial charge is 0.306 e. The van der Waals surface area contributed by atoms with Crippen molar-refractivity contribution in [3.05, 3.63) is 170 Å². The summed E-state index contributed by atoms with van der Waals surface area (Å²) in [6.07, 6.45) is 83.4. The van der Waals surface area contributed by atoms with Gasteiger partial charge in [0, 0.05) is 19.3 Å². The number of allylic oxidation sites excluding steroid dienone is 28. The predicted octanol–water partition coefficient (Wildman–Crippen LogP) is 18.4. The Morgan fingerprint density at radius 3 is 1.11 bits per heavy atom. The Labute approximate surface area is 428 Å². The molecule has 6 heteroatoms. The largest absolute Gasteiger partial charge is 0.462 e. The molecule has 1 atom stereocenters. The van der Waals surface area contributed by atoms with E-state index in [2.05, 4.69) is 154 Å². The van der Waals surface area contributed by atoms with E-state index >= 15 is 0 Å². The Bertz CT molecular complexity index is 1670. The van der Waals surface area contributed by atoms with E-state index in [1.165, 1.54) is 32.1 Å². The third-order valence-corrected chi connectivity index (χ3v) is 10.5. The van der Waals surface area contributed by atoms with Crippen molar-refractivity contribution in [1.82, 2.24) is 0 Å². The molecule has 70 heavy (non-hydrogen) atoms. The molecule has 0 saturated carbocycles. The van der Waals surface area contributed by atoms with Crippen molar-refractivity contribution in [3.8, 4) is 0 Å². The van der Waals surface area contributed by atoms with Crippen LogP contribution in [0.15, 0.2) is 170 Å². The van der Waals surface area contributed by atoms with Gasteiger partial charge < -0.3 is 14.2 Å². The van der Waals surface area contributed by atoms with E-state index in [0.29, 0.717) is 19.3 Å². The molecule has 0 bridgehead atoms. The quantitative estimate of drug-likeness (QED) is 0.0199. The molecular formula is C64H96O6. The molecule has 0 aromatic carbocycles. The molecule has 0 radical (unpaired) electrons. The molecule has 0 aliphatic rings. The second-order valence-corrected chi connectivity index (χ2v) is 17.2. The zero-order valence-corrected chi connectivity index (χ0v) is 44.2. The van der Waals surface area contributed by atoms with E-state index in [1.54, 1.807) is 0 Å². The molecule has 1 unspecified atom stereocenters. The lowest BCUT2D eigenvalue weighted by Crippen LogP contribution is -2.30. The third kappa shape index (κ3) is 53.7. The van der Waals surface area contributed by atoms with E-state index in [1.807, 2.05) is 36.5 Å². The Hall–Kier alpha value is -5.23. The van der Waals surface area contributed by atoms with Crippen LogP contribution >= 0.6 is 0 Å². The van der Waals surface area contributed by atoms with Crippen molar-refractivity contribution in [2.45, 2.75) is 200 Å². The van der Waals surface area contributed by atoms with Crippen LogP contribution in [0.25, 0.3) is 0 Å². The molecule has 6 nitrogen and oxygen atoms in total. The van der Waals surface area contributed by atoms with Crippen LogP contribution in [-0.4, -0.2) is 37.2 Å². The summed E-state index contributed by atoms with van der Waals surface area (Å²) in [6.45, 7) is 6.26.